The fourth-order valence-electron chi connectivity index (χ4n) is 8.56. The summed E-state index contributed by atoms with van der Waals surface area (Å²) in [5.41, 5.74) is 3.15. The summed E-state index contributed by atoms with van der Waals surface area (Å²) >= 11 is 0. The summed E-state index contributed by atoms with van der Waals surface area (Å²) < 4.78 is 6.57. The first-order valence-electron chi connectivity index (χ1n) is 17.7. The Kier molecular flexibility index (Phi) is 9.22. The van der Waals surface area contributed by atoms with Crippen LogP contribution in [0.25, 0.3) is 0 Å². The molecule has 7 rings (SSSR count). The summed E-state index contributed by atoms with van der Waals surface area (Å²) in [6.45, 7) is 10.3. The highest BCUT2D eigenvalue weighted by molar-refractivity contribution is 6.02. The number of carbonyl (C=O) groups excluding carboxylic acids is 3. The van der Waals surface area contributed by atoms with Crippen molar-refractivity contribution < 1.29 is 19.1 Å². The van der Waals surface area contributed by atoms with Crippen LogP contribution in [-0.2, 0) is 25.7 Å². The number of hydrogen-bond acceptors (Lipinski definition) is 6. The Morgan fingerprint density at radius 1 is 0.894 bits per heavy atom. The maximum Gasteiger partial charge on any atom is 0.246 e. The Balaban J connectivity index is 1.04. The van der Waals surface area contributed by atoms with Crippen LogP contribution in [0.5, 0.6) is 0 Å². The van der Waals surface area contributed by atoms with Crippen molar-refractivity contribution in [2.45, 2.75) is 82.7 Å². The number of likely N-dealkylation sites (tertiary alicyclic amines) is 1. The number of carbonyl (C=O) groups is 3. The highest BCUT2D eigenvalue weighted by Gasteiger charge is 2.72. The number of amides is 3. The lowest BCUT2D eigenvalue weighted by atomic mass is 9.74. The molecule has 2 bridgehead atoms. The molecule has 9 heteroatoms. The van der Waals surface area contributed by atoms with E-state index >= 15 is 0 Å². The Bertz CT molecular complexity index is 1500. The zero-order valence-electron chi connectivity index (χ0n) is 27.8. The van der Waals surface area contributed by atoms with E-state index in [9.17, 15) is 14.4 Å². The first kappa shape index (κ1) is 32.0. The van der Waals surface area contributed by atoms with Crippen molar-refractivity contribution in [3.63, 3.8) is 0 Å². The molecule has 3 saturated heterocycles. The van der Waals surface area contributed by atoms with E-state index in [1.54, 1.807) is 4.90 Å². The average Bonchev–Trinajstić information content (AvgIpc) is 3.72. The number of benzene rings is 2. The molecule has 9 nitrogen and oxygen atoms in total. The van der Waals surface area contributed by atoms with Crippen LogP contribution >= 0.6 is 0 Å². The minimum atomic E-state index is -1.13. The SMILES string of the molecule is Cc1ccc(NC(=O)C2C3C=CC4(O3)C2C(=O)N(CCCN2CCN(Cc3ccccc3)CC2)C4C(=O)NC2CCCCC2)cc1C. The number of nitrogens with one attached hydrogen (secondary N) is 2. The van der Waals surface area contributed by atoms with E-state index in [0.717, 1.165) is 82.5 Å². The quantitative estimate of drug-likeness (QED) is 0.381. The van der Waals surface area contributed by atoms with Crippen LogP contribution in [0, 0.1) is 25.7 Å². The molecule has 2 aromatic carbocycles. The lowest BCUT2D eigenvalue weighted by Gasteiger charge is -2.36. The molecule has 5 aliphatic rings. The molecule has 1 saturated carbocycles. The zero-order chi connectivity index (χ0) is 32.5. The molecule has 4 heterocycles. The third kappa shape index (κ3) is 6.37. The second kappa shape index (κ2) is 13.5. The molecule has 2 N–H and O–H groups in total. The summed E-state index contributed by atoms with van der Waals surface area (Å²) in [4.78, 5) is 49.1. The molecular formula is C38H49N5O4. The maximum absolute atomic E-state index is 14.4. The molecule has 3 amide bonds. The maximum atomic E-state index is 14.4. The molecule has 4 fully saturated rings. The topological polar surface area (TPSA) is 94.2 Å². The highest BCUT2D eigenvalue weighted by Crippen LogP contribution is 2.55. The minimum absolute atomic E-state index is 0.113. The van der Waals surface area contributed by atoms with E-state index < -0.39 is 29.6 Å². The van der Waals surface area contributed by atoms with Crippen molar-refractivity contribution in [1.82, 2.24) is 20.0 Å². The molecule has 1 spiro atoms. The third-order valence-electron chi connectivity index (χ3n) is 11.2. The lowest BCUT2D eigenvalue weighted by Crippen LogP contribution is -2.56. The van der Waals surface area contributed by atoms with Crippen molar-refractivity contribution in [2.24, 2.45) is 11.8 Å². The summed E-state index contributed by atoms with van der Waals surface area (Å²) in [7, 11) is 0. The molecule has 1 aliphatic carbocycles. The van der Waals surface area contributed by atoms with Crippen molar-refractivity contribution in [2.75, 3.05) is 44.6 Å². The van der Waals surface area contributed by atoms with Gasteiger partial charge in [0.25, 0.3) is 0 Å². The van der Waals surface area contributed by atoms with Gasteiger partial charge in [0.05, 0.1) is 17.9 Å². The number of aryl methyl sites for hydroxylation is 2. The number of hydrogen-bond donors (Lipinski definition) is 2. The minimum Gasteiger partial charge on any atom is -0.359 e. The number of rotatable bonds is 10. The van der Waals surface area contributed by atoms with E-state index in [1.807, 2.05) is 44.2 Å². The van der Waals surface area contributed by atoms with Crippen LogP contribution in [0.4, 0.5) is 5.69 Å². The van der Waals surface area contributed by atoms with Gasteiger partial charge in [-0.3, -0.25) is 19.3 Å². The molecule has 4 aliphatic heterocycles. The van der Waals surface area contributed by atoms with Crippen molar-refractivity contribution >= 4 is 23.4 Å². The fraction of sp³-hybridized carbons (Fsp3) is 0.553. The standard InChI is InChI=1S/C38H49N5O4/c1-26-14-15-30(24-27(26)2)40-35(44)32-31-16-17-38(47-31)33(32)37(46)43(34(38)36(45)39-29-12-7-4-8-13-29)19-9-18-41-20-22-42(23-21-41)25-28-10-5-3-6-11-28/h3,5-6,10-11,14-17,24,29,31-34H,4,7-9,12-13,18-23,25H2,1-2H3,(H,39,45)(H,40,44). The average molecular weight is 640 g/mol. The van der Waals surface area contributed by atoms with Gasteiger partial charge in [-0.05, 0) is 68.5 Å². The van der Waals surface area contributed by atoms with Crippen LogP contribution in [0.15, 0.2) is 60.7 Å². The first-order valence-corrected chi connectivity index (χ1v) is 17.7. The Labute approximate surface area is 278 Å². The Hall–Kier alpha value is -3.53. The van der Waals surface area contributed by atoms with Gasteiger partial charge in [0.1, 0.15) is 11.6 Å². The van der Waals surface area contributed by atoms with Crippen molar-refractivity contribution in [3.8, 4) is 0 Å². The molecule has 250 valence electrons. The van der Waals surface area contributed by atoms with Gasteiger partial charge >= 0.3 is 0 Å². The van der Waals surface area contributed by atoms with Crippen LogP contribution in [0.1, 0.15) is 55.2 Å². The molecule has 5 unspecified atom stereocenters. The van der Waals surface area contributed by atoms with Crippen LogP contribution in [0.3, 0.4) is 0 Å². The van der Waals surface area contributed by atoms with Crippen LogP contribution in [-0.4, -0.2) is 95.5 Å². The Morgan fingerprint density at radius 2 is 1.64 bits per heavy atom. The number of ether oxygens (including phenoxy) is 1. The number of anilines is 1. The Morgan fingerprint density at radius 3 is 2.38 bits per heavy atom. The van der Waals surface area contributed by atoms with E-state index in [0.29, 0.717) is 12.2 Å². The first-order chi connectivity index (χ1) is 22.8. The van der Waals surface area contributed by atoms with Gasteiger partial charge in [0, 0.05) is 51.0 Å². The fourth-order valence-corrected chi connectivity index (χ4v) is 8.56. The lowest BCUT2D eigenvalue weighted by molar-refractivity contribution is -0.141. The van der Waals surface area contributed by atoms with E-state index in [-0.39, 0.29) is 23.8 Å². The molecule has 2 aromatic rings. The van der Waals surface area contributed by atoms with Gasteiger partial charge in [-0.15, -0.1) is 0 Å². The number of nitrogens with zero attached hydrogens (tertiary/aromatic N) is 3. The van der Waals surface area contributed by atoms with Crippen LogP contribution in [0.2, 0.25) is 0 Å². The predicted molar refractivity (Wildman–Crippen MR) is 182 cm³/mol. The zero-order valence-corrected chi connectivity index (χ0v) is 27.8. The van der Waals surface area contributed by atoms with Gasteiger partial charge in [-0.2, -0.15) is 0 Å². The summed E-state index contributed by atoms with van der Waals surface area (Å²) in [6, 6.07) is 15.8. The second-order valence-electron chi connectivity index (χ2n) is 14.3. The van der Waals surface area contributed by atoms with Gasteiger partial charge in [-0.25, -0.2) is 0 Å². The summed E-state index contributed by atoms with van der Waals surface area (Å²) in [5.74, 6) is -1.95. The number of fused-ring (bicyclic) bond motifs is 1. The summed E-state index contributed by atoms with van der Waals surface area (Å²) in [5, 5.41) is 6.36. The molecule has 0 aromatic heterocycles. The summed E-state index contributed by atoms with van der Waals surface area (Å²) in [6.07, 6.45) is 9.34. The largest absolute Gasteiger partial charge is 0.359 e. The van der Waals surface area contributed by atoms with Gasteiger partial charge in [0.2, 0.25) is 17.7 Å². The van der Waals surface area contributed by atoms with Crippen molar-refractivity contribution in [1.29, 1.82) is 0 Å². The van der Waals surface area contributed by atoms with E-state index in [2.05, 4.69) is 50.8 Å². The predicted octanol–water partition coefficient (Wildman–Crippen LogP) is 4.05. The molecule has 5 atom stereocenters. The smallest absolute Gasteiger partial charge is 0.246 e. The normalized spacial score (nSPS) is 29.3. The highest BCUT2D eigenvalue weighted by atomic mass is 16.5. The van der Waals surface area contributed by atoms with Crippen LogP contribution < -0.4 is 10.6 Å². The van der Waals surface area contributed by atoms with Crippen molar-refractivity contribution in [3.05, 3.63) is 77.4 Å². The van der Waals surface area contributed by atoms with Gasteiger partial charge in [-0.1, -0.05) is 67.8 Å². The molecule has 0 radical (unpaired) electrons. The van der Waals surface area contributed by atoms with E-state index in [4.69, 9.17) is 4.74 Å². The molecular weight excluding hydrogens is 590 g/mol. The van der Waals surface area contributed by atoms with E-state index in [1.165, 1.54) is 12.0 Å². The monoisotopic (exact) mass is 639 g/mol. The third-order valence-corrected chi connectivity index (χ3v) is 11.2. The molecule has 47 heavy (non-hydrogen) atoms. The number of piperazine rings is 1. The second-order valence-corrected chi connectivity index (χ2v) is 14.3. The van der Waals surface area contributed by atoms with Gasteiger partial charge < -0.3 is 25.2 Å². The van der Waals surface area contributed by atoms with Gasteiger partial charge in [0.15, 0.2) is 0 Å².